The summed E-state index contributed by atoms with van der Waals surface area (Å²) in [6, 6.07) is 2.19. The molecule has 16 heavy (non-hydrogen) atoms. The molecule has 2 N–H and O–H groups in total. The van der Waals surface area contributed by atoms with Crippen molar-refractivity contribution >= 4 is 11.8 Å². The molecule has 0 heterocycles. The van der Waals surface area contributed by atoms with Crippen LogP contribution in [0.1, 0.15) is 33.1 Å². The van der Waals surface area contributed by atoms with Gasteiger partial charge in [-0.1, -0.05) is 13.8 Å². The van der Waals surface area contributed by atoms with Crippen molar-refractivity contribution in [1.82, 2.24) is 5.32 Å². The zero-order valence-electron chi connectivity index (χ0n) is 10.5. The molecule has 0 fully saturated rings. The van der Waals surface area contributed by atoms with Crippen LogP contribution >= 0.6 is 11.8 Å². The van der Waals surface area contributed by atoms with E-state index < -0.39 is 0 Å². The molecule has 0 radical (unpaired) electrons. The second kappa shape index (κ2) is 9.95. The van der Waals surface area contributed by atoms with Gasteiger partial charge in [0.05, 0.1) is 6.07 Å². The number of aliphatic hydroxyl groups excluding tert-OH is 1. The first-order valence-electron chi connectivity index (χ1n) is 5.88. The molecule has 0 aromatic rings. The predicted molar refractivity (Wildman–Crippen MR) is 70.5 cm³/mol. The fourth-order valence-electron chi connectivity index (χ4n) is 1.32. The van der Waals surface area contributed by atoms with E-state index in [0.717, 1.165) is 37.4 Å². The average Bonchev–Trinajstić information content (AvgIpc) is 2.25. The van der Waals surface area contributed by atoms with Crippen molar-refractivity contribution in [1.29, 1.82) is 5.26 Å². The van der Waals surface area contributed by atoms with Crippen LogP contribution in [0.4, 0.5) is 0 Å². The summed E-state index contributed by atoms with van der Waals surface area (Å²) in [7, 11) is 0. The van der Waals surface area contributed by atoms with Gasteiger partial charge in [0.1, 0.15) is 0 Å². The summed E-state index contributed by atoms with van der Waals surface area (Å²) < 4.78 is 0. The maximum Gasteiger partial charge on any atom is 0.0621 e. The van der Waals surface area contributed by atoms with Crippen LogP contribution in [0.15, 0.2) is 0 Å². The molecular formula is C12H24N2OS. The zero-order valence-corrected chi connectivity index (χ0v) is 11.3. The SMILES string of the molecule is CC(C)(CCC#N)CNCCSCCCO. The van der Waals surface area contributed by atoms with Gasteiger partial charge in [-0.2, -0.15) is 17.0 Å². The maximum absolute atomic E-state index is 8.60. The van der Waals surface area contributed by atoms with Crippen molar-refractivity contribution in [2.75, 3.05) is 31.2 Å². The molecule has 0 aliphatic rings. The van der Waals surface area contributed by atoms with Crippen LogP contribution in [0.5, 0.6) is 0 Å². The number of hydrogen-bond donors (Lipinski definition) is 2. The summed E-state index contributed by atoms with van der Waals surface area (Å²) in [6.45, 7) is 6.65. The van der Waals surface area contributed by atoms with E-state index >= 15 is 0 Å². The molecule has 4 heteroatoms. The second-order valence-electron chi connectivity index (χ2n) is 4.69. The standard InChI is InChI=1S/C12H24N2OS/c1-12(2,5-3-6-13)11-14-7-10-16-9-4-8-15/h14-15H,3-5,7-11H2,1-2H3. The molecule has 0 aromatic heterocycles. The van der Waals surface area contributed by atoms with Crippen LogP contribution in [0.25, 0.3) is 0 Å². The molecule has 0 atom stereocenters. The van der Waals surface area contributed by atoms with Gasteiger partial charge < -0.3 is 10.4 Å². The van der Waals surface area contributed by atoms with E-state index in [4.69, 9.17) is 10.4 Å². The van der Waals surface area contributed by atoms with Gasteiger partial charge in [-0.05, 0) is 24.0 Å². The van der Waals surface area contributed by atoms with Crippen LogP contribution in [0, 0.1) is 16.7 Å². The van der Waals surface area contributed by atoms with Crippen molar-refractivity contribution in [3.8, 4) is 6.07 Å². The molecule has 0 aliphatic carbocycles. The molecule has 0 unspecified atom stereocenters. The minimum Gasteiger partial charge on any atom is -0.396 e. The smallest absolute Gasteiger partial charge is 0.0621 e. The highest BCUT2D eigenvalue weighted by Crippen LogP contribution is 2.20. The van der Waals surface area contributed by atoms with Gasteiger partial charge >= 0.3 is 0 Å². The third-order valence-electron chi connectivity index (χ3n) is 2.39. The molecule has 0 bridgehead atoms. The molecule has 0 aliphatic heterocycles. The summed E-state index contributed by atoms with van der Waals surface area (Å²) in [6.07, 6.45) is 2.48. The molecule has 0 saturated heterocycles. The fourth-order valence-corrected chi connectivity index (χ4v) is 2.15. The minimum absolute atomic E-state index is 0.214. The van der Waals surface area contributed by atoms with Gasteiger partial charge in [-0.3, -0.25) is 0 Å². The predicted octanol–water partition coefficient (Wildman–Crippen LogP) is 2.02. The summed E-state index contributed by atoms with van der Waals surface area (Å²) in [5.41, 5.74) is 0.214. The highest BCUT2D eigenvalue weighted by Gasteiger charge is 2.16. The number of aliphatic hydroxyl groups is 1. The van der Waals surface area contributed by atoms with Gasteiger partial charge in [0, 0.05) is 31.9 Å². The second-order valence-corrected chi connectivity index (χ2v) is 5.91. The number of nitriles is 1. The lowest BCUT2D eigenvalue weighted by atomic mass is 9.88. The Morgan fingerprint density at radius 3 is 2.75 bits per heavy atom. The van der Waals surface area contributed by atoms with E-state index in [0.29, 0.717) is 13.0 Å². The topological polar surface area (TPSA) is 56.0 Å². The molecule has 0 aromatic carbocycles. The Hall–Kier alpha value is -0.240. The molecule has 0 amide bonds. The number of nitrogens with zero attached hydrogens (tertiary/aromatic N) is 1. The molecule has 3 nitrogen and oxygen atoms in total. The summed E-state index contributed by atoms with van der Waals surface area (Å²) in [5, 5.41) is 20.5. The maximum atomic E-state index is 8.60. The fraction of sp³-hybridized carbons (Fsp3) is 0.917. The van der Waals surface area contributed by atoms with E-state index in [1.165, 1.54) is 0 Å². The normalized spacial score (nSPS) is 11.4. The van der Waals surface area contributed by atoms with Crippen molar-refractivity contribution in [3.05, 3.63) is 0 Å². The summed E-state index contributed by atoms with van der Waals surface area (Å²) in [5.74, 6) is 2.13. The van der Waals surface area contributed by atoms with Crippen LogP contribution in [0.3, 0.4) is 0 Å². The third-order valence-corrected chi connectivity index (χ3v) is 3.46. The Labute approximate surface area is 104 Å². The van der Waals surface area contributed by atoms with Crippen molar-refractivity contribution in [3.63, 3.8) is 0 Å². The van der Waals surface area contributed by atoms with Gasteiger partial charge in [0.15, 0.2) is 0 Å². The first-order chi connectivity index (χ1) is 7.62. The zero-order chi connectivity index (χ0) is 12.3. The van der Waals surface area contributed by atoms with Crippen molar-refractivity contribution in [2.24, 2.45) is 5.41 Å². The summed E-state index contributed by atoms with van der Waals surface area (Å²) >= 11 is 1.87. The van der Waals surface area contributed by atoms with E-state index in [1.807, 2.05) is 11.8 Å². The van der Waals surface area contributed by atoms with Crippen molar-refractivity contribution in [2.45, 2.75) is 33.1 Å². The quantitative estimate of drug-likeness (QED) is 0.577. The Morgan fingerprint density at radius 2 is 2.12 bits per heavy atom. The molecule has 0 spiro atoms. The Balaban J connectivity index is 3.33. The third kappa shape index (κ3) is 10.3. The molecular weight excluding hydrogens is 220 g/mol. The Morgan fingerprint density at radius 1 is 1.38 bits per heavy atom. The number of nitrogens with one attached hydrogen (secondary N) is 1. The molecule has 0 saturated carbocycles. The highest BCUT2D eigenvalue weighted by molar-refractivity contribution is 7.99. The lowest BCUT2D eigenvalue weighted by Gasteiger charge is -2.23. The first-order valence-corrected chi connectivity index (χ1v) is 7.04. The monoisotopic (exact) mass is 244 g/mol. The van der Waals surface area contributed by atoms with E-state index in [-0.39, 0.29) is 5.41 Å². The Bertz CT molecular complexity index is 202. The summed E-state index contributed by atoms with van der Waals surface area (Å²) in [4.78, 5) is 0. The van der Waals surface area contributed by atoms with Crippen LogP contribution in [-0.4, -0.2) is 36.3 Å². The average molecular weight is 244 g/mol. The lowest BCUT2D eigenvalue weighted by Crippen LogP contribution is -2.30. The number of thioether (sulfide) groups is 1. The number of hydrogen-bond acceptors (Lipinski definition) is 4. The van der Waals surface area contributed by atoms with Gasteiger partial charge in [-0.15, -0.1) is 0 Å². The molecule has 94 valence electrons. The van der Waals surface area contributed by atoms with Crippen LogP contribution in [0.2, 0.25) is 0 Å². The lowest BCUT2D eigenvalue weighted by molar-refractivity contribution is 0.296. The largest absolute Gasteiger partial charge is 0.396 e. The van der Waals surface area contributed by atoms with Crippen LogP contribution < -0.4 is 5.32 Å². The highest BCUT2D eigenvalue weighted by atomic mass is 32.2. The van der Waals surface area contributed by atoms with Gasteiger partial charge in [-0.25, -0.2) is 0 Å². The van der Waals surface area contributed by atoms with E-state index in [2.05, 4.69) is 25.2 Å². The minimum atomic E-state index is 0.214. The van der Waals surface area contributed by atoms with Crippen molar-refractivity contribution < 1.29 is 5.11 Å². The number of rotatable bonds is 10. The van der Waals surface area contributed by atoms with Crippen LogP contribution in [-0.2, 0) is 0 Å². The van der Waals surface area contributed by atoms with Gasteiger partial charge in [0.2, 0.25) is 0 Å². The van der Waals surface area contributed by atoms with E-state index in [1.54, 1.807) is 0 Å². The Kier molecular flexibility index (Phi) is 9.80. The molecule has 0 rings (SSSR count). The van der Waals surface area contributed by atoms with Gasteiger partial charge in [0.25, 0.3) is 0 Å². The van der Waals surface area contributed by atoms with E-state index in [9.17, 15) is 0 Å². The first kappa shape index (κ1) is 15.8.